The average molecular weight is 434 g/mol. The second kappa shape index (κ2) is 9.52. The summed E-state index contributed by atoms with van der Waals surface area (Å²) in [7, 11) is -3.73. The van der Waals surface area contributed by atoms with E-state index in [0.29, 0.717) is 38.4 Å². The summed E-state index contributed by atoms with van der Waals surface area (Å²) >= 11 is 0. The monoisotopic (exact) mass is 433 g/mol. The quantitative estimate of drug-likeness (QED) is 0.789. The summed E-state index contributed by atoms with van der Waals surface area (Å²) in [4.78, 5) is 15.0. The third-order valence-corrected chi connectivity index (χ3v) is 7.60. The number of nitrogens with zero attached hydrogens (tertiary/aromatic N) is 2. The van der Waals surface area contributed by atoms with Gasteiger partial charge in [0.2, 0.25) is 15.9 Å². The van der Waals surface area contributed by atoms with Crippen LogP contribution in [0.5, 0.6) is 0 Å². The maximum Gasteiger partial charge on any atom is 0.243 e. The molecule has 3 unspecified atom stereocenters. The van der Waals surface area contributed by atoms with Crippen molar-refractivity contribution in [2.24, 2.45) is 17.6 Å². The number of likely N-dealkylation sites (tertiary alicyclic amines) is 1. The maximum absolute atomic E-state index is 13.1. The van der Waals surface area contributed by atoms with Crippen molar-refractivity contribution in [1.82, 2.24) is 9.21 Å². The number of piperidine rings is 2. The molecule has 2 aliphatic rings. The van der Waals surface area contributed by atoms with Crippen LogP contribution in [0.1, 0.15) is 32.6 Å². The lowest BCUT2D eigenvalue weighted by atomic mass is 9.90. The zero-order valence-electron chi connectivity index (χ0n) is 16.1. The Hall–Kier alpha value is -1.22. The molecule has 3 rings (SSSR count). The van der Waals surface area contributed by atoms with Gasteiger partial charge in [0, 0.05) is 32.2 Å². The van der Waals surface area contributed by atoms with Gasteiger partial charge in [0.05, 0.1) is 10.8 Å². The minimum atomic E-state index is -3.73. The number of carbonyl (C=O) groups excluding carboxylic acids is 1. The van der Waals surface area contributed by atoms with Gasteiger partial charge in [0.15, 0.2) is 0 Å². The molecule has 1 aromatic carbocycles. The number of benzene rings is 1. The first-order valence-corrected chi connectivity index (χ1v) is 11.0. The number of hydrogen-bond acceptors (Lipinski definition) is 4. The fourth-order valence-corrected chi connectivity index (χ4v) is 5.64. The van der Waals surface area contributed by atoms with E-state index in [-0.39, 0.29) is 41.7 Å². The highest BCUT2D eigenvalue weighted by molar-refractivity contribution is 7.89. The van der Waals surface area contributed by atoms with Gasteiger partial charge in [-0.25, -0.2) is 12.8 Å². The van der Waals surface area contributed by atoms with Crippen LogP contribution in [0.2, 0.25) is 0 Å². The summed E-state index contributed by atoms with van der Waals surface area (Å²) in [5.74, 6) is -0.273. The van der Waals surface area contributed by atoms with Crippen LogP contribution < -0.4 is 5.73 Å². The Morgan fingerprint density at radius 3 is 2.54 bits per heavy atom. The second-order valence-corrected chi connectivity index (χ2v) is 9.64. The minimum Gasteiger partial charge on any atom is -0.338 e. The number of sulfonamides is 1. The van der Waals surface area contributed by atoms with Crippen LogP contribution in [0.15, 0.2) is 29.2 Å². The number of carbonyl (C=O) groups is 1. The Bertz CT molecular complexity index is 775. The van der Waals surface area contributed by atoms with Gasteiger partial charge in [-0.15, -0.1) is 12.4 Å². The predicted octanol–water partition coefficient (Wildman–Crippen LogP) is 2.23. The summed E-state index contributed by atoms with van der Waals surface area (Å²) < 4.78 is 40.2. The summed E-state index contributed by atoms with van der Waals surface area (Å²) in [5, 5.41) is 0. The standard InChI is InChI=1S/C19H28FN3O3S.ClH/c1-14-8-10-23(17(11-14)12-21)19(24)15-3-2-9-22(13-15)27(25,26)18-6-4-16(20)5-7-18;/h4-7,14-15,17H,2-3,8-13,21H2,1H3;1H. The van der Waals surface area contributed by atoms with Gasteiger partial charge in [-0.2, -0.15) is 4.31 Å². The van der Waals surface area contributed by atoms with Crippen molar-refractivity contribution in [3.8, 4) is 0 Å². The van der Waals surface area contributed by atoms with E-state index in [4.69, 9.17) is 5.73 Å². The van der Waals surface area contributed by atoms with E-state index < -0.39 is 15.8 Å². The largest absolute Gasteiger partial charge is 0.338 e. The van der Waals surface area contributed by atoms with E-state index >= 15 is 0 Å². The molecular weight excluding hydrogens is 405 g/mol. The van der Waals surface area contributed by atoms with Crippen molar-refractivity contribution in [1.29, 1.82) is 0 Å². The van der Waals surface area contributed by atoms with Crippen molar-refractivity contribution >= 4 is 28.3 Å². The molecule has 9 heteroatoms. The molecule has 0 aliphatic carbocycles. The lowest BCUT2D eigenvalue weighted by Crippen LogP contribution is -2.54. The highest BCUT2D eigenvalue weighted by Crippen LogP contribution is 2.28. The number of halogens is 2. The van der Waals surface area contributed by atoms with Crippen molar-refractivity contribution in [2.45, 2.75) is 43.5 Å². The molecule has 2 N–H and O–H groups in total. The van der Waals surface area contributed by atoms with E-state index in [2.05, 4.69) is 6.92 Å². The van der Waals surface area contributed by atoms with E-state index in [9.17, 15) is 17.6 Å². The molecule has 0 aromatic heterocycles. The van der Waals surface area contributed by atoms with Crippen LogP contribution in [-0.2, 0) is 14.8 Å². The molecule has 28 heavy (non-hydrogen) atoms. The lowest BCUT2D eigenvalue weighted by molar-refractivity contribution is -0.140. The first-order chi connectivity index (χ1) is 12.8. The third kappa shape index (κ3) is 4.84. The topological polar surface area (TPSA) is 83.7 Å². The molecule has 0 saturated carbocycles. The van der Waals surface area contributed by atoms with Gasteiger partial charge in [-0.1, -0.05) is 6.92 Å². The number of rotatable bonds is 4. The Morgan fingerprint density at radius 1 is 1.21 bits per heavy atom. The molecule has 2 fully saturated rings. The second-order valence-electron chi connectivity index (χ2n) is 7.71. The Labute approximate surface area is 172 Å². The smallest absolute Gasteiger partial charge is 0.243 e. The van der Waals surface area contributed by atoms with E-state index in [1.807, 2.05) is 4.90 Å². The van der Waals surface area contributed by atoms with Crippen LogP contribution in [0.25, 0.3) is 0 Å². The summed E-state index contributed by atoms with van der Waals surface area (Å²) in [6.45, 7) is 3.83. The molecule has 1 aromatic rings. The Morgan fingerprint density at radius 2 is 1.89 bits per heavy atom. The van der Waals surface area contributed by atoms with E-state index in [0.717, 1.165) is 25.0 Å². The molecular formula is C19H29ClFN3O3S. The van der Waals surface area contributed by atoms with Crippen molar-refractivity contribution in [3.05, 3.63) is 30.1 Å². The predicted molar refractivity (Wildman–Crippen MR) is 108 cm³/mol. The molecule has 158 valence electrons. The number of hydrogen-bond donors (Lipinski definition) is 1. The van der Waals surface area contributed by atoms with Crippen LogP contribution >= 0.6 is 12.4 Å². The molecule has 6 nitrogen and oxygen atoms in total. The fourth-order valence-electron chi connectivity index (χ4n) is 4.12. The van der Waals surface area contributed by atoms with Gasteiger partial charge in [-0.3, -0.25) is 4.79 Å². The molecule has 0 radical (unpaired) electrons. The zero-order chi connectivity index (χ0) is 19.6. The Balaban J connectivity index is 0.00000280. The fraction of sp³-hybridized carbons (Fsp3) is 0.632. The van der Waals surface area contributed by atoms with Gasteiger partial charge in [0.25, 0.3) is 0 Å². The van der Waals surface area contributed by atoms with E-state index in [1.54, 1.807) is 0 Å². The van der Waals surface area contributed by atoms with Crippen molar-refractivity contribution in [3.63, 3.8) is 0 Å². The number of amides is 1. The highest BCUT2D eigenvalue weighted by atomic mass is 35.5. The lowest BCUT2D eigenvalue weighted by Gasteiger charge is -2.41. The summed E-state index contributed by atoms with van der Waals surface area (Å²) in [5.41, 5.74) is 5.88. The van der Waals surface area contributed by atoms with Crippen LogP contribution in [-0.4, -0.2) is 55.8 Å². The van der Waals surface area contributed by atoms with Gasteiger partial charge in [-0.05, 0) is 55.9 Å². The van der Waals surface area contributed by atoms with Gasteiger partial charge >= 0.3 is 0 Å². The summed E-state index contributed by atoms with van der Waals surface area (Å²) in [6.07, 6.45) is 3.16. The van der Waals surface area contributed by atoms with Crippen molar-refractivity contribution < 1.29 is 17.6 Å². The average Bonchev–Trinajstić information content (AvgIpc) is 2.67. The van der Waals surface area contributed by atoms with Gasteiger partial charge < -0.3 is 10.6 Å². The summed E-state index contributed by atoms with van der Waals surface area (Å²) in [6, 6.07) is 4.85. The first-order valence-electron chi connectivity index (χ1n) is 9.59. The van der Waals surface area contributed by atoms with Crippen LogP contribution in [0.4, 0.5) is 4.39 Å². The van der Waals surface area contributed by atoms with E-state index in [1.165, 1.54) is 16.4 Å². The Kier molecular flexibility index (Phi) is 7.84. The van der Waals surface area contributed by atoms with Crippen LogP contribution in [0, 0.1) is 17.7 Å². The molecule has 2 aliphatic heterocycles. The number of nitrogens with two attached hydrogens (primary N) is 1. The molecule has 3 atom stereocenters. The maximum atomic E-state index is 13.1. The zero-order valence-corrected chi connectivity index (χ0v) is 17.7. The van der Waals surface area contributed by atoms with Gasteiger partial charge in [0.1, 0.15) is 5.82 Å². The molecule has 2 saturated heterocycles. The molecule has 0 spiro atoms. The van der Waals surface area contributed by atoms with Crippen LogP contribution in [0.3, 0.4) is 0 Å². The first kappa shape index (κ1) is 23.1. The molecule has 2 heterocycles. The molecule has 0 bridgehead atoms. The highest BCUT2D eigenvalue weighted by Gasteiger charge is 2.38. The SMILES string of the molecule is CC1CCN(C(=O)C2CCCN(S(=O)(=O)c3ccc(F)cc3)C2)C(CN)C1.Cl. The minimum absolute atomic E-state index is 0. The molecule has 1 amide bonds. The normalized spacial score (nSPS) is 26.5. The van der Waals surface area contributed by atoms with Crippen molar-refractivity contribution in [2.75, 3.05) is 26.2 Å². The third-order valence-electron chi connectivity index (χ3n) is 5.72.